The molecule has 1 aromatic heterocycles. The molecule has 0 radical (unpaired) electrons. The Labute approximate surface area is 251 Å². The number of hydrogen-bond acceptors (Lipinski definition) is 8. The third kappa shape index (κ3) is 5.65. The summed E-state index contributed by atoms with van der Waals surface area (Å²) in [6.45, 7) is -0.420. The average Bonchev–Trinajstić information content (AvgIpc) is 3.26. The van der Waals surface area contributed by atoms with Gasteiger partial charge in [0.1, 0.15) is 12.2 Å². The average molecular weight is 645 g/mol. The first-order chi connectivity index (χ1) is 20.7. The standard InChI is InChI=1S/C27H23ClF6N6O4/c1-43-23-35-22(36-24(37-23)44-2)39-14-40(19-6-4-3-5-18(19)28)25(21(39)42)7-9-38(10-8-25)20(41)15-11-16(26(29,30)31)13-17(12-15)27(32,33)34/h3-6,11-13H,7-10,14H2,1-2H3. The first kappa shape index (κ1) is 31.1. The van der Waals surface area contributed by atoms with Gasteiger partial charge in [-0.2, -0.15) is 36.3 Å². The number of piperidine rings is 1. The topological polar surface area (TPSA) is 101 Å². The van der Waals surface area contributed by atoms with Crippen LogP contribution in [0.3, 0.4) is 0 Å². The molecule has 10 nitrogen and oxygen atoms in total. The molecule has 5 rings (SSSR count). The second kappa shape index (κ2) is 11.3. The first-order valence-corrected chi connectivity index (χ1v) is 13.3. The second-order valence-corrected chi connectivity index (χ2v) is 10.4. The summed E-state index contributed by atoms with van der Waals surface area (Å²) in [5.41, 5.74) is -4.81. The van der Waals surface area contributed by atoms with Crippen LogP contribution in [0.1, 0.15) is 34.3 Å². The molecule has 0 saturated carbocycles. The van der Waals surface area contributed by atoms with Crippen molar-refractivity contribution in [2.75, 3.05) is 43.8 Å². The molecule has 0 unspecified atom stereocenters. The van der Waals surface area contributed by atoms with E-state index in [1.165, 1.54) is 19.1 Å². The fourth-order valence-corrected chi connectivity index (χ4v) is 5.53. The molecule has 2 aliphatic heterocycles. The van der Waals surface area contributed by atoms with Crippen LogP contribution < -0.4 is 19.3 Å². The summed E-state index contributed by atoms with van der Waals surface area (Å²) < 4.78 is 90.7. The Bertz CT molecular complexity index is 1540. The monoisotopic (exact) mass is 644 g/mol. The number of aromatic nitrogens is 3. The molecule has 2 aromatic carbocycles. The first-order valence-electron chi connectivity index (χ1n) is 12.9. The molecule has 0 bridgehead atoms. The van der Waals surface area contributed by atoms with E-state index in [0.29, 0.717) is 22.8 Å². The molecule has 0 atom stereocenters. The minimum Gasteiger partial charge on any atom is -0.467 e. The van der Waals surface area contributed by atoms with E-state index >= 15 is 0 Å². The van der Waals surface area contributed by atoms with Gasteiger partial charge in [-0.3, -0.25) is 14.5 Å². The summed E-state index contributed by atoms with van der Waals surface area (Å²) in [5, 5.41) is 0.314. The number of alkyl halides is 6. The maximum Gasteiger partial charge on any atom is 0.416 e. The van der Waals surface area contributed by atoms with Crippen molar-refractivity contribution >= 4 is 35.1 Å². The van der Waals surface area contributed by atoms with Crippen LogP contribution >= 0.6 is 11.6 Å². The molecule has 234 valence electrons. The second-order valence-electron chi connectivity index (χ2n) is 9.98. The summed E-state index contributed by atoms with van der Waals surface area (Å²) in [4.78, 5) is 43.8. The Morgan fingerprint density at radius 1 is 0.886 bits per heavy atom. The number of likely N-dealkylation sites (tertiary alicyclic amines) is 1. The van der Waals surface area contributed by atoms with Gasteiger partial charge >= 0.3 is 24.4 Å². The number of carbonyl (C=O) groups is 2. The van der Waals surface area contributed by atoms with Crippen molar-refractivity contribution in [1.82, 2.24) is 19.9 Å². The van der Waals surface area contributed by atoms with E-state index < -0.39 is 46.4 Å². The zero-order valence-electron chi connectivity index (χ0n) is 23.0. The summed E-state index contributed by atoms with van der Waals surface area (Å²) in [5.74, 6) is -1.59. The number of para-hydroxylation sites is 1. The van der Waals surface area contributed by atoms with Crippen molar-refractivity contribution in [3.63, 3.8) is 0 Å². The number of benzene rings is 2. The van der Waals surface area contributed by atoms with Crippen LogP contribution in [0.5, 0.6) is 12.0 Å². The van der Waals surface area contributed by atoms with Gasteiger partial charge < -0.3 is 19.3 Å². The van der Waals surface area contributed by atoms with E-state index in [1.54, 1.807) is 29.2 Å². The van der Waals surface area contributed by atoms with E-state index in [2.05, 4.69) is 15.0 Å². The molecule has 2 aliphatic rings. The molecule has 44 heavy (non-hydrogen) atoms. The molecule has 2 fully saturated rings. The Morgan fingerprint density at radius 3 is 1.93 bits per heavy atom. The maximum atomic E-state index is 14.1. The third-order valence-electron chi connectivity index (χ3n) is 7.49. The Morgan fingerprint density at radius 2 is 1.43 bits per heavy atom. The number of carbonyl (C=O) groups excluding carboxylic acids is 2. The fourth-order valence-electron chi connectivity index (χ4n) is 5.29. The highest BCUT2D eigenvalue weighted by Crippen LogP contribution is 2.44. The summed E-state index contributed by atoms with van der Waals surface area (Å²) in [6.07, 6.45) is -10.3. The zero-order valence-corrected chi connectivity index (χ0v) is 23.8. The number of methoxy groups -OCH3 is 2. The van der Waals surface area contributed by atoms with Gasteiger partial charge in [0.05, 0.1) is 36.1 Å². The highest BCUT2D eigenvalue weighted by molar-refractivity contribution is 6.33. The highest BCUT2D eigenvalue weighted by atomic mass is 35.5. The summed E-state index contributed by atoms with van der Waals surface area (Å²) >= 11 is 6.50. The number of ether oxygens (including phenoxy) is 2. The van der Waals surface area contributed by atoms with Crippen molar-refractivity contribution in [3.8, 4) is 12.0 Å². The van der Waals surface area contributed by atoms with Crippen LogP contribution in [0.25, 0.3) is 0 Å². The lowest BCUT2D eigenvalue weighted by Crippen LogP contribution is -2.57. The van der Waals surface area contributed by atoms with Crippen molar-refractivity contribution in [2.45, 2.75) is 30.7 Å². The van der Waals surface area contributed by atoms with Crippen LogP contribution in [0.15, 0.2) is 42.5 Å². The molecule has 3 aromatic rings. The van der Waals surface area contributed by atoms with Crippen LogP contribution in [-0.2, 0) is 17.1 Å². The predicted molar refractivity (Wildman–Crippen MR) is 144 cm³/mol. The van der Waals surface area contributed by atoms with Crippen LogP contribution in [0.2, 0.25) is 5.02 Å². The smallest absolute Gasteiger partial charge is 0.416 e. The molecule has 17 heteroatoms. The highest BCUT2D eigenvalue weighted by Gasteiger charge is 2.56. The summed E-state index contributed by atoms with van der Waals surface area (Å²) in [7, 11) is 2.63. The molecule has 2 saturated heterocycles. The number of halogens is 7. The van der Waals surface area contributed by atoms with Crippen LogP contribution in [0, 0.1) is 0 Å². The van der Waals surface area contributed by atoms with Crippen molar-refractivity contribution in [3.05, 3.63) is 64.2 Å². The Kier molecular flexibility index (Phi) is 7.99. The van der Waals surface area contributed by atoms with Gasteiger partial charge in [0, 0.05) is 18.7 Å². The molecule has 0 aliphatic carbocycles. The van der Waals surface area contributed by atoms with E-state index in [-0.39, 0.29) is 56.6 Å². The zero-order chi connectivity index (χ0) is 32.0. The van der Waals surface area contributed by atoms with Gasteiger partial charge in [-0.25, -0.2) is 0 Å². The number of rotatable bonds is 5. The number of anilines is 2. The Balaban J connectivity index is 1.49. The van der Waals surface area contributed by atoms with Crippen molar-refractivity contribution in [2.24, 2.45) is 0 Å². The van der Waals surface area contributed by atoms with E-state index in [1.807, 2.05) is 0 Å². The van der Waals surface area contributed by atoms with Gasteiger partial charge in [-0.1, -0.05) is 23.7 Å². The van der Waals surface area contributed by atoms with Gasteiger partial charge in [-0.05, 0) is 43.2 Å². The molecule has 0 N–H and O–H groups in total. The number of amides is 2. The SMILES string of the molecule is COc1nc(OC)nc(N2CN(c3ccccc3Cl)C3(CCN(C(=O)c4cc(C(F)(F)F)cc(C(F)(F)F)c4)CC3)C2=O)n1. The predicted octanol–water partition coefficient (Wildman–Crippen LogP) is 5.07. The van der Waals surface area contributed by atoms with E-state index in [4.69, 9.17) is 21.1 Å². The van der Waals surface area contributed by atoms with Gasteiger partial charge in [0.25, 0.3) is 11.8 Å². The molecule has 1 spiro atoms. The molecule has 3 heterocycles. The maximum absolute atomic E-state index is 14.1. The van der Waals surface area contributed by atoms with Gasteiger partial charge in [0.2, 0.25) is 5.95 Å². The quantitative estimate of drug-likeness (QED) is 0.355. The minimum absolute atomic E-state index is 0.0380. The lowest BCUT2D eigenvalue weighted by atomic mass is 9.85. The van der Waals surface area contributed by atoms with Crippen molar-refractivity contribution < 1.29 is 45.4 Å². The minimum atomic E-state index is -5.11. The lowest BCUT2D eigenvalue weighted by Gasteiger charge is -2.43. The third-order valence-corrected chi connectivity index (χ3v) is 7.81. The van der Waals surface area contributed by atoms with Gasteiger partial charge in [-0.15, -0.1) is 4.98 Å². The molecule has 2 amide bonds. The van der Waals surface area contributed by atoms with E-state index in [0.717, 1.165) is 4.90 Å². The normalized spacial score (nSPS) is 16.9. The number of hydrogen-bond donors (Lipinski definition) is 0. The van der Waals surface area contributed by atoms with Gasteiger partial charge in [0.15, 0.2) is 0 Å². The summed E-state index contributed by atoms with van der Waals surface area (Å²) in [6, 6.07) is 7.22. The van der Waals surface area contributed by atoms with Crippen molar-refractivity contribution in [1.29, 1.82) is 0 Å². The Hall–Kier alpha value is -4.34. The molecular weight excluding hydrogens is 622 g/mol. The number of nitrogens with zero attached hydrogens (tertiary/aromatic N) is 6. The van der Waals surface area contributed by atoms with Crippen LogP contribution in [0.4, 0.5) is 38.0 Å². The largest absolute Gasteiger partial charge is 0.467 e. The van der Waals surface area contributed by atoms with Crippen LogP contribution in [-0.4, -0.2) is 71.2 Å². The van der Waals surface area contributed by atoms with E-state index in [9.17, 15) is 35.9 Å². The fraction of sp³-hybridized carbons (Fsp3) is 0.370. The molecular formula is C27H23ClF6N6O4. The lowest BCUT2D eigenvalue weighted by molar-refractivity contribution is -0.143.